The lowest BCUT2D eigenvalue weighted by atomic mass is 9.63. The number of aliphatic hydroxyl groups excluding tert-OH is 1. The molecule has 7 nitrogen and oxygen atoms in total. The molecule has 3 fully saturated rings. The summed E-state index contributed by atoms with van der Waals surface area (Å²) in [6, 6.07) is 10.6. The van der Waals surface area contributed by atoms with Gasteiger partial charge in [0.1, 0.15) is 0 Å². The third-order valence-electron chi connectivity index (χ3n) is 8.85. The number of nitrogens with one attached hydrogen (secondary N) is 2. The molecule has 0 spiro atoms. The number of pyridine rings is 1. The summed E-state index contributed by atoms with van der Waals surface area (Å²) in [6.45, 7) is 1.47. The van der Waals surface area contributed by atoms with E-state index in [-0.39, 0.29) is 36.1 Å². The van der Waals surface area contributed by atoms with Crippen molar-refractivity contribution in [3.63, 3.8) is 0 Å². The van der Waals surface area contributed by atoms with Gasteiger partial charge in [-0.2, -0.15) is 13.2 Å². The van der Waals surface area contributed by atoms with E-state index in [4.69, 9.17) is 0 Å². The van der Waals surface area contributed by atoms with E-state index in [1.807, 2.05) is 18.3 Å². The highest BCUT2D eigenvalue weighted by atomic mass is 19.4. The molecule has 10 heteroatoms. The van der Waals surface area contributed by atoms with Gasteiger partial charge in [0, 0.05) is 54.6 Å². The molecule has 3 atom stereocenters. The van der Waals surface area contributed by atoms with E-state index >= 15 is 0 Å². The summed E-state index contributed by atoms with van der Waals surface area (Å²) in [5, 5.41) is 15.3. The third kappa shape index (κ3) is 5.96. The Morgan fingerprint density at radius 1 is 1.08 bits per heavy atom. The molecule has 3 aliphatic rings. The minimum absolute atomic E-state index is 0.0396. The zero-order valence-electron chi connectivity index (χ0n) is 21.8. The van der Waals surface area contributed by atoms with Crippen molar-refractivity contribution in [2.45, 2.75) is 62.2 Å². The fourth-order valence-electron chi connectivity index (χ4n) is 7.27. The molecular formula is C29H35F3N4O3. The van der Waals surface area contributed by atoms with E-state index in [1.54, 1.807) is 0 Å². The van der Waals surface area contributed by atoms with Crippen LogP contribution in [-0.4, -0.2) is 65.1 Å². The molecule has 0 radical (unpaired) electrons. The molecule has 1 saturated heterocycles. The second kappa shape index (κ2) is 11.3. The molecule has 1 aliphatic heterocycles. The van der Waals surface area contributed by atoms with E-state index in [1.165, 1.54) is 12.1 Å². The number of fused-ring (bicyclic) bond motifs is 2. The van der Waals surface area contributed by atoms with Crippen molar-refractivity contribution in [1.82, 2.24) is 20.5 Å². The summed E-state index contributed by atoms with van der Waals surface area (Å²) in [5.74, 6) is -0.0507. The van der Waals surface area contributed by atoms with Crippen molar-refractivity contribution >= 4 is 11.8 Å². The quantitative estimate of drug-likeness (QED) is 0.473. The maximum Gasteiger partial charge on any atom is 0.416 e. The predicted molar refractivity (Wildman–Crippen MR) is 139 cm³/mol. The lowest BCUT2D eigenvalue weighted by Gasteiger charge is -2.47. The fraction of sp³-hybridized carbons (Fsp3) is 0.552. The fourth-order valence-corrected chi connectivity index (χ4v) is 7.27. The SMILES string of the molecule is O=C(CNC(=O)c1cccc(C(F)(F)F)c1)NC1CCN(C2C3CCC2CC(CCO)(c2ccccn2)C3)C1. The average Bonchev–Trinajstić information content (AvgIpc) is 3.48. The van der Waals surface area contributed by atoms with Gasteiger partial charge < -0.3 is 15.7 Å². The van der Waals surface area contributed by atoms with Crippen LogP contribution in [0.3, 0.4) is 0 Å². The predicted octanol–water partition coefficient (Wildman–Crippen LogP) is 3.53. The van der Waals surface area contributed by atoms with Crippen molar-refractivity contribution in [3.05, 3.63) is 65.5 Å². The topological polar surface area (TPSA) is 94.6 Å². The normalized spacial score (nSPS) is 28.8. The number of amides is 2. The Kier molecular flexibility index (Phi) is 7.96. The molecule has 210 valence electrons. The number of carbonyl (C=O) groups is 2. The zero-order valence-corrected chi connectivity index (χ0v) is 21.8. The van der Waals surface area contributed by atoms with Gasteiger partial charge in [0.25, 0.3) is 5.91 Å². The van der Waals surface area contributed by atoms with Crippen LogP contribution in [0.25, 0.3) is 0 Å². The van der Waals surface area contributed by atoms with Gasteiger partial charge in [-0.15, -0.1) is 0 Å². The molecular weight excluding hydrogens is 509 g/mol. The van der Waals surface area contributed by atoms with Crippen LogP contribution in [0.5, 0.6) is 0 Å². The summed E-state index contributed by atoms with van der Waals surface area (Å²) in [7, 11) is 0. The molecule has 2 aromatic rings. The largest absolute Gasteiger partial charge is 0.416 e. The van der Waals surface area contributed by atoms with Gasteiger partial charge in [0.05, 0.1) is 12.1 Å². The van der Waals surface area contributed by atoms with Gasteiger partial charge in [0.2, 0.25) is 5.91 Å². The Bertz CT molecular complexity index is 1160. The first-order chi connectivity index (χ1) is 18.7. The molecule has 2 heterocycles. The van der Waals surface area contributed by atoms with Crippen LogP contribution >= 0.6 is 0 Å². The van der Waals surface area contributed by atoms with Crippen molar-refractivity contribution in [1.29, 1.82) is 0 Å². The van der Waals surface area contributed by atoms with Crippen LogP contribution in [0.2, 0.25) is 0 Å². The standard InChI is InChI=1S/C29H35F3N4O3/c30-29(31,32)22-5-3-4-19(14-22)27(39)34-17-25(38)35-23-9-12-36(18-23)26-20-7-8-21(26)16-28(15-20,10-13-37)24-6-1-2-11-33-24/h1-6,11,14,20-21,23,26,37H,7-10,12-13,15-18H2,(H,34,39)(H,35,38). The zero-order chi connectivity index (χ0) is 27.6. The molecule has 3 N–H and O–H groups in total. The Morgan fingerprint density at radius 2 is 1.85 bits per heavy atom. The lowest BCUT2D eigenvalue weighted by molar-refractivity contribution is -0.137. The number of hydrogen-bond donors (Lipinski definition) is 3. The van der Waals surface area contributed by atoms with Crippen LogP contribution in [-0.2, 0) is 16.4 Å². The Morgan fingerprint density at radius 3 is 2.51 bits per heavy atom. The van der Waals surface area contributed by atoms with Crippen LogP contribution in [0, 0.1) is 11.8 Å². The first-order valence-electron chi connectivity index (χ1n) is 13.7. The summed E-state index contributed by atoms with van der Waals surface area (Å²) in [5.41, 5.74) is -0.0618. The molecule has 2 bridgehead atoms. The van der Waals surface area contributed by atoms with Crippen LogP contribution in [0.15, 0.2) is 48.7 Å². The van der Waals surface area contributed by atoms with E-state index in [9.17, 15) is 27.9 Å². The monoisotopic (exact) mass is 544 g/mol. The molecule has 2 amide bonds. The number of alkyl halides is 3. The number of aliphatic hydroxyl groups is 1. The van der Waals surface area contributed by atoms with E-state index in [0.29, 0.717) is 24.3 Å². The number of benzene rings is 1. The first-order valence-corrected chi connectivity index (χ1v) is 13.7. The lowest BCUT2D eigenvalue weighted by Crippen LogP contribution is -2.50. The minimum Gasteiger partial charge on any atom is -0.396 e. The van der Waals surface area contributed by atoms with Gasteiger partial charge in [-0.05, 0) is 80.7 Å². The van der Waals surface area contributed by atoms with Crippen molar-refractivity contribution < 1.29 is 27.9 Å². The highest BCUT2D eigenvalue weighted by Crippen LogP contribution is 2.54. The van der Waals surface area contributed by atoms with E-state index in [0.717, 1.165) is 63.0 Å². The smallest absolute Gasteiger partial charge is 0.396 e. The van der Waals surface area contributed by atoms with Crippen molar-refractivity contribution in [2.24, 2.45) is 11.8 Å². The van der Waals surface area contributed by atoms with Gasteiger partial charge in [-0.3, -0.25) is 19.5 Å². The van der Waals surface area contributed by atoms with Gasteiger partial charge >= 0.3 is 6.18 Å². The van der Waals surface area contributed by atoms with Crippen molar-refractivity contribution in [3.8, 4) is 0 Å². The number of likely N-dealkylation sites (tertiary alicyclic amines) is 1. The summed E-state index contributed by atoms with van der Waals surface area (Å²) < 4.78 is 38.8. The van der Waals surface area contributed by atoms with E-state index in [2.05, 4.69) is 26.6 Å². The number of aromatic nitrogens is 1. The molecule has 1 aromatic heterocycles. The summed E-state index contributed by atoms with van der Waals surface area (Å²) in [6.07, 6.45) is 3.13. The Labute approximate surface area is 226 Å². The van der Waals surface area contributed by atoms with Gasteiger partial charge in [0.15, 0.2) is 0 Å². The Hall–Kier alpha value is -2.98. The summed E-state index contributed by atoms with van der Waals surface area (Å²) >= 11 is 0. The van der Waals surface area contributed by atoms with Crippen LogP contribution in [0.4, 0.5) is 13.2 Å². The maximum atomic E-state index is 12.9. The van der Waals surface area contributed by atoms with Crippen molar-refractivity contribution in [2.75, 3.05) is 26.2 Å². The van der Waals surface area contributed by atoms with Crippen LogP contribution < -0.4 is 10.6 Å². The third-order valence-corrected chi connectivity index (χ3v) is 8.85. The number of hydrogen-bond acceptors (Lipinski definition) is 5. The highest BCUT2D eigenvalue weighted by Gasteiger charge is 2.53. The Balaban J connectivity index is 1.14. The van der Waals surface area contributed by atoms with E-state index < -0.39 is 17.6 Å². The molecule has 3 unspecified atom stereocenters. The number of carbonyl (C=O) groups excluding carboxylic acids is 2. The second-order valence-corrected chi connectivity index (χ2v) is 11.3. The number of nitrogens with zero attached hydrogens (tertiary/aromatic N) is 2. The summed E-state index contributed by atoms with van der Waals surface area (Å²) in [4.78, 5) is 32.0. The number of rotatable bonds is 8. The molecule has 2 saturated carbocycles. The maximum absolute atomic E-state index is 12.9. The average molecular weight is 545 g/mol. The van der Waals surface area contributed by atoms with Gasteiger partial charge in [-0.25, -0.2) is 0 Å². The minimum atomic E-state index is -4.54. The first kappa shape index (κ1) is 27.6. The second-order valence-electron chi connectivity index (χ2n) is 11.3. The molecule has 1 aromatic carbocycles. The molecule has 5 rings (SSSR count). The van der Waals surface area contributed by atoms with Gasteiger partial charge in [-0.1, -0.05) is 12.1 Å². The molecule has 39 heavy (non-hydrogen) atoms. The molecule has 2 aliphatic carbocycles. The van der Waals surface area contributed by atoms with Crippen LogP contribution in [0.1, 0.15) is 60.1 Å². The highest BCUT2D eigenvalue weighted by molar-refractivity contribution is 5.96. The number of halogens is 3.